The molecule has 0 bridgehead atoms. The van der Waals surface area contributed by atoms with E-state index < -0.39 is 0 Å². The Kier molecular flexibility index (Phi) is 8.60. The second-order valence-corrected chi connectivity index (χ2v) is 9.11. The first kappa shape index (κ1) is 22.5. The fourth-order valence-electron chi connectivity index (χ4n) is 3.89. The topological polar surface area (TPSA) is 9.23 Å². The second kappa shape index (κ2) is 10.7. The third kappa shape index (κ3) is 7.34. The summed E-state index contributed by atoms with van der Waals surface area (Å²) in [4.78, 5) is 0. The van der Waals surface area contributed by atoms with E-state index in [1.165, 1.54) is 47.1 Å². The molecule has 0 fully saturated rings. The maximum Gasteiger partial charge on any atom is 0.126 e. The smallest absolute Gasteiger partial charge is 0.126 e. The number of rotatable bonds is 9. The molecule has 1 aromatic carbocycles. The van der Waals surface area contributed by atoms with Crippen LogP contribution < -0.4 is 4.74 Å². The summed E-state index contributed by atoms with van der Waals surface area (Å²) >= 11 is 0. The van der Waals surface area contributed by atoms with Crippen molar-refractivity contribution in [2.24, 2.45) is 0 Å². The van der Waals surface area contributed by atoms with Crippen LogP contribution in [0.2, 0.25) is 0 Å². The number of allylic oxidation sites excluding steroid dienone is 6. The zero-order valence-electron chi connectivity index (χ0n) is 19.0. The van der Waals surface area contributed by atoms with Crippen LogP contribution in [0.1, 0.15) is 90.7 Å². The number of aryl methyl sites for hydroxylation is 2. The van der Waals surface area contributed by atoms with Gasteiger partial charge >= 0.3 is 0 Å². The molecule has 0 saturated heterocycles. The molecule has 1 heteroatoms. The van der Waals surface area contributed by atoms with Crippen molar-refractivity contribution in [2.45, 2.75) is 98.5 Å². The predicted molar refractivity (Wildman–Crippen MR) is 123 cm³/mol. The zero-order chi connectivity index (χ0) is 20.6. The summed E-state index contributed by atoms with van der Waals surface area (Å²) in [5.41, 5.74) is 7.04. The molecule has 0 spiro atoms. The maximum atomic E-state index is 6.46. The van der Waals surface area contributed by atoms with Crippen molar-refractivity contribution in [3.8, 4) is 5.75 Å². The molecule has 0 aliphatic carbocycles. The number of hydrogen-bond donors (Lipinski definition) is 0. The molecule has 28 heavy (non-hydrogen) atoms. The normalized spacial score (nSPS) is 19.8. The first-order valence-corrected chi connectivity index (χ1v) is 11.0. The van der Waals surface area contributed by atoms with E-state index in [-0.39, 0.29) is 5.60 Å². The number of hydrogen-bond acceptors (Lipinski definition) is 1. The summed E-state index contributed by atoms with van der Waals surface area (Å²) in [6.07, 6.45) is 16.3. The lowest BCUT2D eigenvalue weighted by molar-refractivity contribution is 0.0563. The van der Waals surface area contributed by atoms with E-state index in [4.69, 9.17) is 4.74 Å². The molecule has 1 heterocycles. The van der Waals surface area contributed by atoms with Crippen molar-refractivity contribution in [1.29, 1.82) is 0 Å². The lowest BCUT2D eigenvalue weighted by Crippen LogP contribution is -2.36. The van der Waals surface area contributed by atoms with Crippen molar-refractivity contribution < 1.29 is 4.74 Å². The highest BCUT2D eigenvalue weighted by Crippen LogP contribution is 2.37. The van der Waals surface area contributed by atoms with Gasteiger partial charge in [-0.1, -0.05) is 53.1 Å². The van der Waals surface area contributed by atoms with Crippen LogP contribution in [-0.2, 0) is 6.42 Å². The Bertz CT molecular complexity index is 731. The van der Waals surface area contributed by atoms with E-state index >= 15 is 0 Å². The molecular weight excluding hydrogens is 340 g/mol. The standard InChI is InChI=1S/C27H40O/c1-21(2)11-7-12-22(3)13-8-14-23(4)15-10-19-27(6)20-18-25-17-9-16-24(5)26(25)28-27/h9,11,13,15-17H,7-8,10,12,14,18-20H2,1-6H3. The molecule has 1 aliphatic rings. The molecule has 1 unspecified atom stereocenters. The molecule has 0 N–H and O–H groups in total. The minimum absolute atomic E-state index is 0.0304. The average Bonchev–Trinajstić information content (AvgIpc) is 2.62. The molecular formula is C27H40O. The Hall–Kier alpha value is -1.76. The molecule has 0 radical (unpaired) electrons. The fourth-order valence-corrected chi connectivity index (χ4v) is 3.89. The van der Waals surface area contributed by atoms with Crippen LogP contribution in [0.15, 0.2) is 53.1 Å². The van der Waals surface area contributed by atoms with Crippen molar-refractivity contribution in [3.05, 3.63) is 64.3 Å². The van der Waals surface area contributed by atoms with Gasteiger partial charge in [-0.3, -0.25) is 0 Å². The largest absolute Gasteiger partial charge is 0.487 e. The number of fused-ring (bicyclic) bond motifs is 1. The van der Waals surface area contributed by atoms with E-state index in [0.29, 0.717) is 0 Å². The van der Waals surface area contributed by atoms with Crippen LogP contribution in [0.25, 0.3) is 0 Å². The quantitative estimate of drug-likeness (QED) is 0.392. The summed E-state index contributed by atoms with van der Waals surface area (Å²) in [6.45, 7) is 13.3. The highest BCUT2D eigenvalue weighted by Gasteiger charge is 2.31. The Labute approximate surface area is 173 Å². The number of para-hydroxylation sites is 1. The van der Waals surface area contributed by atoms with E-state index in [1.807, 2.05) is 0 Å². The molecule has 1 aliphatic heterocycles. The number of benzene rings is 1. The Morgan fingerprint density at radius 1 is 0.964 bits per heavy atom. The summed E-state index contributed by atoms with van der Waals surface area (Å²) in [7, 11) is 0. The Balaban J connectivity index is 1.76. The average molecular weight is 381 g/mol. The fraction of sp³-hybridized carbons (Fsp3) is 0.556. The van der Waals surface area contributed by atoms with Crippen LogP contribution in [0.5, 0.6) is 5.75 Å². The second-order valence-electron chi connectivity index (χ2n) is 9.11. The van der Waals surface area contributed by atoms with E-state index in [0.717, 1.165) is 37.9 Å². The van der Waals surface area contributed by atoms with Gasteiger partial charge in [0.1, 0.15) is 11.4 Å². The molecule has 154 valence electrons. The van der Waals surface area contributed by atoms with E-state index in [1.54, 1.807) is 0 Å². The maximum absolute atomic E-state index is 6.46. The lowest BCUT2D eigenvalue weighted by atomic mass is 9.87. The number of ether oxygens (including phenoxy) is 1. The van der Waals surface area contributed by atoms with E-state index in [9.17, 15) is 0 Å². The minimum Gasteiger partial charge on any atom is -0.487 e. The van der Waals surface area contributed by atoms with Gasteiger partial charge in [-0.05, 0) is 104 Å². The monoisotopic (exact) mass is 380 g/mol. The first-order chi connectivity index (χ1) is 13.3. The minimum atomic E-state index is -0.0304. The Morgan fingerprint density at radius 3 is 2.29 bits per heavy atom. The summed E-state index contributed by atoms with van der Waals surface area (Å²) in [5.74, 6) is 1.13. The van der Waals surface area contributed by atoms with Crippen molar-refractivity contribution in [3.63, 3.8) is 0 Å². The van der Waals surface area contributed by atoms with E-state index in [2.05, 4.69) is 78.0 Å². The van der Waals surface area contributed by atoms with Crippen molar-refractivity contribution in [1.82, 2.24) is 0 Å². The van der Waals surface area contributed by atoms with Crippen molar-refractivity contribution >= 4 is 0 Å². The van der Waals surface area contributed by atoms with Crippen LogP contribution in [0, 0.1) is 6.92 Å². The van der Waals surface area contributed by atoms with Gasteiger partial charge in [0.2, 0.25) is 0 Å². The molecule has 1 atom stereocenters. The Morgan fingerprint density at radius 2 is 1.61 bits per heavy atom. The van der Waals surface area contributed by atoms with Gasteiger partial charge in [-0.15, -0.1) is 0 Å². The third-order valence-electron chi connectivity index (χ3n) is 5.85. The molecule has 0 saturated carbocycles. The van der Waals surface area contributed by atoms with Gasteiger partial charge in [-0.25, -0.2) is 0 Å². The van der Waals surface area contributed by atoms with Gasteiger partial charge in [0.25, 0.3) is 0 Å². The van der Waals surface area contributed by atoms with Crippen molar-refractivity contribution in [2.75, 3.05) is 0 Å². The SMILES string of the molecule is CC(C)=CCCC(C)=CCCC(C)=CCCC1(C)CCc2cccc(C)c2O1. The van der Waals surface area contributed by atoms with Crippen LogP contribution in [0.3, 0.4) is 0 Å². The predicted octanol–water partition coefficient (Wildman–Crippen LogP) is 8.28. The van der Waals surface area contributed by atoms with Gasteiger partial charge < -0.3 is 4.74 Å². The summed E-state index contributed by atoms with van der Waals surface area (Å²) < 4.78 is 6.46. The third-order valence-corrected chi connectivity index (χ3v) is 5.85. The van der Waals surface area contributed by atoms with Crippen LogP contribution in [-0.4, -0.2) is 5.60 Å². The summed E-state index contributed by atoms with van der Waals surface area (Å²) in [5, 5.41) is 0. The lowest BCUT2D eigenvalue weighted by Gasteiger charge is -2.36. The molecule has 0 amide bonds. The molecule has 1 aromatic rings. The zero-order valence-corrected chi connectivity index (χ0v) is 19.0. The van der Waals surface area contributed by atoms with Gasteiger partial charge in [0.05, 0.1) is 0 Å². The molecule has 2 rings (SSSR count). The highest BCUT2D eigenvalue weighted by atomic mass is 16.5. The van der Waals surface area contributed by atoms with Gasteiger partial charge in [0, 0.05) is 0 Å². The van der Waals surface area contributed by atoms with Crippen LogP contribution >= 0.6 is 0 Å². The van der Waals surface area contributed by atoms with Gasteiger partial charge in [0.15, 0.2) is 0 Å². The van der Waals surface area contributed by atoms with Crippen LogP contribution in [0.4, 0.5) is 0 Å². The van der Waals surface area contributed by atoms with Gasteiger partial charge in [-0.2, -0.15) is 0 Å². The molecule has 1 nitrogen and oxygen atoms in total. The summed E-state index contributed by atoms with van der Waals surface area (Å²) in [6, 6.07) is 6.51. The first-order valence-electron chi connectivity index (χ1n) is 11.0. The highest BCUT2D eigenvalue weighted by molar-refractivity contribution is 5.42. The molecule has 0 aromatic heterocycles.